The summed E-state index contributed by atoms with van der Waals surface area (Å²) in [6.07, 6.45) is 4.71. The second-order valence-corrected chi connectivity index (χ2v) is 6.07. The Morgan fingerprint density at radius 2 is 1.83 bits per heavy atom. The van der Waals surface area contributed by atoms with Gasteiger partial charge in [0.25, 0.3) is 0 Å². The lowest BCUT2D eigenvalue weighted by Crippen LogP contribution is -2.46. The molecule has 8 nitrogen and oxygen atoms in total. The van der Waals surface area contributed by atoms with Crippen LogP contribution in [0.5, 0.6) is 0 Å². The molecule has 0 unspecified atom stereocenters. The van der Waals surface area contributed by atoms with Gasteiger partial charge in [0.1, 0.15) is 12.3 Å². The summed E-state index contributed by atoms with van der Waals surface area (Å²) in [5.41, 5.74) is 0. The van der Waals surface area contributed by atoms with Crippen LogP contribution >= 0.6 is 0 Å². The van der Waals surface area contributed by atoms with Crippen LogP contribution in [0.2, 0.25) is 0 Å². The summed E-state index contributed by atoms with van der Waals surface area (Å²) < 4.78 is 5.05. The molecule has 24 heavy (non-hydrogen) atoms. The first-order chi connectivity index (χ1) is 11.6. The van der Waals surface area contributed by atoms with Crippen molar-refractivity contribution in [1.82, 2.24) is 15.5 Å². The first-order valence-corrected chi connectivity index (χ1v) is 8.01. The summed E-state index contributed by atoms with van der Waals surface area (Å²) in [6.45, 7) is -0.281. The molecule has 2 heterocycles. The van der Waals surface area contributed by atoms with Gasteiger partial charge in [-0.3, -0.25) is 24.6 Å². The molecule has 2 aliphatic rings. The molecule has 1 aromatic rings. The van der Waals surface area contributed by atoms with Crippen molar-refractivity contribution in [2.45, 2.75) is 32.2 Å². The number of imide groups is 2. The van der Waals surface area contributed by atoms with Crippen molar-refractivity contribution in [1.29, 1.82) is 0 Å². The highest BCUT2D eigenvalue weighted by atomic mass is 16.3. The predicted octanol–water partition coefficient (Wildman–Crippen LogP) is 0.781. The lowest BCUT2D eigenvalue weighted by atomic mass is 9.81. The minimum atomic E-state index is -0.701. The Hall–Kier alpha value is -2.64. The quantitative estimate of drug-likeness (QED) is 0.792. The normalized spacial score (nSPS) is 23.1. The summed E-state index contributed by atoms with van der Waals surface area (Å²) in [5, 5.41) is 4.58. The van der Waals surface area contributed by atoms with E-state index in [1.165, 1.54) is 6.26 Å². The Labute approximate surface area is 138 Å². The van der Waals surface area contributed by atoms with Crippen LogP contribution in [0.15, 0.2) is 22.8 Å². The largest absolute Gasteiger partial charge is 0.467 e. The zero-order valence-corrected chi connectivity index (χ0v) is 13.1. The topological polar surface area (TPSA) is 109 Å². The highest BCUT2D eigenvalue weighted by molar-refractivity contribution is 6.08. The van der Waals surface area contributed by atoms with Gasteiger partial charge in [-0.1, -0.05) is 12.8 Å². The molecule has 1 aliphatic heterocycles. The van der Waals surface area contributed by atoms with E-state index < -0.39 is 18.5 Å². The molecule has 5 amide bonds. The number of furan rings is 1. The number of hydrogen-bond donors (Lipinski definition) is 2. The van der Waals surface area contributed by atoms with Crippen LogP contribution in [0.4, 0.5) is 4.79 Å². The Morgan fingerprint density at radius 1 is 1.17 bits per heavy atom. The number of carbonyl (C=O) groups is 4. The van der Waals surface area contributed by atoms with Crippen LogP contribution in [0.3, 0.4) is 0 Å². The van der Waals surface area contributed by atoms with E-state index in [4.69, 9.17) is 4.42 Å². The van der Waals surface area contributed by atoms with Crippen molar-refractivity contribution in [3.63, 3.8) is 0 Å². The van der Waals surface area contributed by atoms with Gasteiger partial charge in [0.2, 0.25) is 17.7 Å². The van der Waals surface area contributed by atoms with Crippen LogP contribution in [0.1, 0.15) is 31.4 Å². The maximum atomic E-state index is 12.3. The monoisotopic (exact) mass is 333 g/mol. The molecule has 1 saturated heterocycles. The fourth-order valence-electron chi connectivity index (χ4n) is 3.32. The van der Waals surface area contributed by atoms with Gasteiger partial charge in [-0.25, -0.2) is 4.79 Å². The summed E-state index contributed by atoms with van der Waals surface area (Å²) in [4.78, 5) is 49.1. The van der Waals surface area contributed by atoms with E-state index >= 15 is 0 Å². The zero-order valence-electron chi connectivity index (χ0n) is 13.1. The van der Waals surface area contributed by atoms with Gasteiger partial charge in [-0.15, -0.1) is 0 Å². The molecule has 1 aromatic heterocycles. The Balaban J connectivity index is 1.50. The van der Waals surface area contributed by atoms with Gasteiger partial charge in [0.15, 0.2) is 0 Å². The summed E-state index contributed by atoms with van der Waals surface area (Å²) in [7, 11) is 0. The highest BCUT2D eigenvalue weighted by Gasteiger charge is 2.48. The fourth-order valence-corrected chi connectivity index (χ4v) is 3.32. The zero-order chi connectivity index (χ0) is 17.1. The Bertz CT molecular complexity index is 631. The number of nitrogens with zero attached hydrogens (tertiary/aromatic N) is 1. The van der Waals surface area contributed by atoms with Gasteiger partial charge in [0.05, 0.1) is 24.6 Å². The minimum absolute atomic E-state index is 0.137. The maximum Gasteiger partial charge on any atom is 0.321 e. The molecule has 0 spiro atoms. The van der Waals surface area contributed by atoms with Crippen LogP contribution in [0.25, 0.3) is 0 Å². The molecular formula is C16H19N3O5. The standard InChI is InChI=1S/C16H19N3O5/c20-13(18-16(23)17-8-10-4-3-7-24-10)9-19-14(21)11-5-1-2-6-12(11)15(19)22/h3-4,7,11-12H,1-2,5-6,8-9H2,(H2,17,18,20,23)/t11-,12+. The molecule has 0 radical (unpaired) electrons. The molecule has 3 rings (SSSR count). The fraction of sp³-hybridized carbons (Fsp3) is 0.500. The van der Waals surface area contributed by atoms with E-state index in [0.717, 1.165) is 17.7 Å². The van der Waals surface area contributed by atoms with E-state index in [1.54, 1.807) is 12.1 Å². The molecule has 2 fully saturated rings. The number of nitrogens with one attached hydrogen (secondary N) is 2. The number of hydrogen-bond acceptors (Lipinski definition) is 5. The summed E-state index contributed by atoms with van der Waals surface area (Å²) in [5.74, 6) is -1.33. The van der Waals surface area contributed by atoms with E-state index in [2.05, 4.69) is 10.6 Å². The van der Waals surface area contributed by atoms with E-state index in [9.17, 15) is 19.2 Å². The number of amides is 5. The number of likely N-dealkylation sites (tertiary alicyclic amines) is 1. The predicted molar refractivity (Wildman–Crippen MR) is 81.3 cm³/mol. The second-order valence-electron chi connectivity index (χ2n) is 6.07. The van der Waals surface area contributed by atoms with Crippen molar-refractivity contribution in [3.05, 3.63) is 24.2 Å². The third kappa shape index (κ3) is 3.32. The molecule has 2 atom stereocenters. The highest BCUT2D eigenvalue weighted by Crippen LogP contribution is 2.37. The van der Waals surface area contributed by atoms with Gasteiger partial charge in [-0.05, 0) is 25.0 Å². The van der Waals surface area contributed by atoms with Crippen LogP contribution in [-0.2, 0) is 20.9 Å². The first-order valence-electron chi connectivity index (χ1n) is 8.01. The third-order valence-corrected chi connectivity index (χ3v) is 4.49. The number of urea groups is 1. The van der Waals surface area contributed by atoms with Crippen LogP contribution < -0.4 is 10.6 Å². The van der Waals surface area contributed by atoms with E-state index in [0.29, 0.717) is 18.6 Å². The SMILES string of the molecule is O=C(CN1C(=O)[C@H]2CCCC[C@H]2C1=O)NC(=O)NCc1ccco1. The second kappa shape index (κ2) is 6.86. The van der Waals surface area contributed by atoms with Gasteiger partial charge in [0, 0.05) is 0 Å². The van der Waals surface area contributed by atoms with E-state index in [-0.39, 0.29) is 30.2 Å². The smallest absolute Gasteiger partial charge is 0.321 e. The molecule has 1 aliphatic carbocycles. The summed E-state index contributed by atoms with van der Waals surface area (Å²) >= 11 is 0. The van der Waals surface area contributed by atoms with E-state index in [1.807, 2.05) is 0 Å². The molecule has 0 aromatic carbocycles. The first kappa shape index (κ1) is 16.2. The lowest BCUT2D eigenvalue weighted by Gasteiger charge is -2.19. The Kier molecular flexibility index (Phi) is 4.64. The summed E-state index contributed by atoms with van der Waals surface area (Å²) in [6, 6.07) is 2.67. The average molecular weight is 333 g/mol. The molecule has 128 valence electrons. The molecule has 2 N–H and O–H groups in total. The molecule has 1 saturated carbocycles. The molecular weight excluding hydrogens is 314 g/mol. The van der Waals surface area contributed by atoms with Crippen molar-refractivity contribution >= 4 is 23.8 Å². The maximum absolute atomic E-state index is 12.3. The molecule has 8 heteroatoms. The lowest BCUT2D eigenvalue weighted by molar-refractivity contribution is -0.143. The number of carbonyl (C=O) groups excluding carboxylic acids is 4. The minimum Gasteiger partial charge on any atom is -0.467 e. The number of fused-ring (bicyclic) bond motifs is 1. The van der Waals surface area contributed by atoms with Crippen molar-refractivity contribution < 1.29 is 23.6 Å². The molecule has 0 bridgehead atoms. The van der Waals surface area contributed by atoms with Gasteiger partial charge < -0.3 is 9.73 Å². The van der Waals surface area contributed by atoms with Gasteiger partial charge in [-0.2, -0.15) is 0 Å². The number of rotatable bonds is 4. The third-order valence-electron chi connectivity index (χ3n) is 4.49. The van der Waals surface area contributed by atoms with Crippen LogP contribution in [-0.4, -0.2) is 35.2 Å². The van der Waals surface area contributed by atoms with Crippen molar-refractivity contribution in [2.75, 3.05) is 6.54 Å². The van der Waals surface area contributed by atoms with Gasteiger partial charge >= 0.3 is 6.03 Å². The Morgan fingerprint density at radius 3 is 2.42 bits per heavy atom. The van der Waals surface area contributed by atoms with Crippen molar-refractivity contribution in [3.8, 4) is 0 Å². The average Bonchev–Trinajstić information content (AvgIpc) is 3.17. The van der Waals surface area contributed by atoms with Crippen LogP contribution in [0, 0.1) is 11.8 Å². The van der Waals surface area contributed by atoms with Crippen molar-refractivity contribution in [2.24, 2.45) is 11.8 Å².